The molecule has 18 nitrogen and oxygen atoms in total. The summed E-state index contributed by atoms with van der Waals surface area (Å²) in [5, 5.41) is 6.70. The summed E-state index contributed by atoms with van der Waals surface area (Å²) in [5.41, 5.74) is 5.02. The molecular weight excluding hydrogens is 1070 g/mol. The number of methoxy groups -OCH3 is 6. The summed E-state index contributed by atoms with van der Waals surface area (Å²) >= 11 is 0. The van der Waals surface area contributed by atoms with Gasteiger partial charge in [0.1, 0.15) is 18.2 Å². The average molecular weight is 1160 g/mol. The van der Waals surface area contributed by atoms with Crippen LogP contribution in [0, 0.1) is 5.92 Å². The smallest absolute Gasteiger partial charge is 0.247 e. The molecule has 0 aliphatic carbocycles. The molecule has 0 N–H and O–H groups in total. The number of rotatable bonds is 23. The predicted molar refractivity (Wildman–Crippen MR) is 336 cm³/mol. The molecule has 0 saturated carbocycles. The molecule has 6 heterocycles. The Kier molecular flexibility index (Phi) is 19.1. The fraction of sp³-hybridized carbons (Fsp3) is 0.493. The molecule has 0 bridgehead atoms. The predicted octanol–water partition coefficient (Wildman–Crippen LogP) is 11.8. The Balaban J connectivity index is 1.02. The highest BCUT2D eigenvalue weighted by Crippen LogP contribution is 2.43. The van der Waals surface area contributed by atoms with Crippen molar-refractivity contribution in [1.29, 1.82) is 0 Å². The molecule has 4 saturated heterocycles. The van der Waals surface area contributed by atoms with Crippen molar-refractivity contribution >= 4 is 45.3 Å². The van der Waals surface area contributed by atoms with Crippen molar-refractivity contribution in [2.45, 2.75) is 110 Å². The number of piperidine rings is 4. The molecule has 0 spiro atoms. The zero-order valence-electron chi connectivity index (χ0n) is 51.2. The van der Waals surface area contributed by atoms with Crippen molar-refractivity contribution in [3.8, 4) is 46.0 Å². The van der Waals surface area contributed by atoms with Gasteiger partial charge in [-0.2, -0.15) is 9.97 Å². The molecular formula is C67H86N10O8. The summed E-state index contributed by atoms with van der Waals surface area (Å²) in [5.74, 6) is 8.89. The van der Waals surface area contributed by atoms with E-state index in [0.29, 0.717) is 59.8 Å². The van der Waals surface area contributed by atoms with Crippen LogP contribution in [0.4, 0.5) is 23.5 Å². The number of hydrogen-bond donors (Lipinski definition) is 0. The molecule has 0 radical (unpaired) electrons. The van der Waals surface area contributed by atoms with E-state index in [9.17, 15) is 0 Å². The second kappa shape index (κ2) is 27.6. The lowest BCUT2D eigenvalue weighted by molar-refractivity contribution is 0.182. The van der Waals surface area contributed by atoms with Gasteiger partial charge in [0.15, 0.2) is 46.0 Å². The van der Waals surface area contributed by atoms with E-state index in [4.69, 9.17) is 57.8 Å². The van der Waals surface area contributed by atoms with Crippen LogP contribution in [0.2, 0.25) is 0 Å². The fourth-order valence-electron chi connectivity index (χ4n) is 12.6. The normalized spacial score (nSPS) is 16.6. The third-order valence-electron chi connectivity index (χ3n) is 17.2. The van der Waals surface area contributed by atoms with Crippen LogP contribution in [0.1, 0.15) is 94.7 Å². The molecule has 5 aromatic carbocycles. The third-order valence-corrected chi connectivity index (χ3v) is 17.2. The molecule has 7 aromatic rings. The van der Waals surface area contributed by atoms with Gasteiger partial charge in [-0.25, -0.2) is 20.0 Å². The summed E-state index contributed by atoms with van der Waals surface area (Å²) in [6.07, 6.45) is 10.00. The van der Waals surface area contributed by atoms with Gasteiger partial charge in [0.25, 0.3) is 0 Å². The lowest BCUT2D eigenvalue weighted by atomic mass is 10.0. The van der Waals surface area contributed by atoms with Gasteiger partial charge in [-0.15, -0.1) is 0 Å². The molecule has 85 heavy (non-hydrogen) atoms. The monoisotopic (exact) mass is 1160 g/mol. The number of nitrogens with zero attached hydrogens (tertiary/aromatic N) is 10. The zero-order valence-corrected chi connectivity index (χ0v) is 51.2. The molecule has 4 aliphatic rings. The number of hydrazine groups is 1. The minimum absolute atomic E-state index is 0.0429. The fourth-order valence-corrected chi connectivity index (χ4v) is 12.6. The van der Waals surface area contributed by atoms with E-state index in [1.165, 1.54) is 18.4 Å². The maximum absolute atomic E-state index is 6.41. The van der Waals surface area contributed by atoms with Crippen molar-refractivity contribution < 1.29 is 37.9 Å². The van der Waals surface area contributed by atoms with Crippen molar-refractivity contribution in [3.05, 3.63) is 108 Å². The average Bonchev–Trinajstić information content (AvgIpc) is 1.32. The number of fused-ring (bicyclic) bond motifs is 2. The Labute approximate surface area is 501 Å². The van der Waals surface area contributed by atoms with Gasteiger partial charge in [0, 0.05) is 88.4 Å². The first-order valence-corrected chi connectivity index (χ1v) is 30.7. The number of hydrogen-bond acceptors (Lipinski definition) is 18. The Bertz CT molecular complexity index is 3340. The van der Waals surface area contributed by atoms with Gasteiger partial charge in [-0.3, -0.25) is 9.80 Å². The van der Waals surface area contributed by atoms with E-state index in [-0.39, 0.29) is 12.1 Å². The van der Waals surface area contributed by atoms with Crippen LogP contribution in [-0.4, -0.2) is 143 Å². The highest BCUT2D eigenvalue weighted by molar-refractivity contribution is 5.95. The number of ether oxygens (including phenoxy) is 8. The standard InChI is InChI=1S/C67H86N10O8/c1-46(2)44-84-62-36-48(20-22-56(62)78-3)42-72-32-24-50(25-33-72)76(66-68-54-40-60(82-7)58(80-5)38-52(54)64(70-66)74-28-14-10-15-29-74)77(67-69-55-41-61(83-8)59(81-6)39-53(55)65(71-67)75-30-16-11-17-31-75)51-26-34-73(35-27-51)43-49-21-23-57(79-4)63(37-49)85-45-47-18-12-9-13-19-47/h9,12-13,18-23,36-41,46,50-51H,10-11,14-17,24-35,42-45H2,1-8H3. The van der Waals surface area contributed by atoms with E-state index in [0.717, 1.165) is 179 Å². The molecule has 0 amide bonds. The van der Waals surface area contributed by atoms with Crippen LogP contribution in [0.25, 0.3) is 21.8 Å². The number of benzene rings is 5. The number of aromatic nitrogens is 4. The SMILES string of the molecule is COc1cc2nc(N(C3CCN(Cc4ccc(OC)c(OCc5ccccc5)c4)CC3)N(c3nc(N4CCCCC4)c4cc(OC)c(OC)cc4n3)C3CCN(Cc4ccc(OC)c(OCC(C)C)c4)CC3)nc(N3CCCCC3)c2cc1OC. The van der Waals surface area contributed by atoms with Crippen LogP contribution in [0.5, 0.6) is 46.0 Å². The molecule has 0 atom stereocenters. The second-order valence-electron chi connectivity index (χ2n) is 23.4. The Morgan fingerprint density at radius 3 is 1.25 bits per heavy atom. The van der Waals surface area contributed by atoms with Crippen LogP contribution < -0.4 is 57.7 Å². The first kappa shape index (κ1) is 59.0. The highest BCUT2D eigenvalue weighted by Gasteiger charge is 2.40. The highest BCUT2D eigenvalue weighted by atomic mass is 16.5. The topological polar surface area (TPSA) is 145 Å². The molecule has 4 fully saturated rings. The van der Waals surface area contributed by atoms with E-state index in [1.54, 1.807) is 42.7 Å². The first-order valence-electron chi connectivity index (χ1n) is 30.7. The van der Waals surface area contributed by atoms with Crippen LogP contribution in [0.15, 0.2) is 91.0 Å². The summed E-state index contributed by atoms with van der Waals surface area (Å²) in [6, 6.07) is 31.0. The van der Waals surface area contributed by atoms with Gasteiger partial charge >= 0.3 is 0 Å². The maximum atomic E-state index is 6.41. The summed E-state index contributed by atoms with van der Waals surface area (Å²) in [7, 11) is 10.2. The van der Waals surface area contributed by atoms with Crippen LogP contribution >= 0.6 is 0 Å². The van der Waals surface area contributed by atoms with Crippen LogP contribution in [0.3, 0.4) is 0 Å². The lowest BCUT2D eigenvalue weighted by Crippen LogP contribution is -2.60. The quantitative estimate of drug-likeness (QED) is 0.0559. The molecule has 452 valence electrons. The summed E-state index contributed by atoms with van der Waals surface area (Å²) in [4.78, 5) is 32.9. The first-order chi connectivity index (χ1) is 41.6. The number of likely N-dealkylation sites (tertiary alicyclic amines) is 2. The Morgan fingerprint density at radius 1 is 0.424 bits per heavy atom. The van der Waals surface area contributed by atoms with Gasteiger partial charge in [0.2, 0.25) is 11.9 Å². The lowest BCUT2D eigenvalue weighted by Gasteiger charge is -2.48. The second-order valence-corrected chi connectivity index (χ2v) is 23.4. The van der Waals surface area contributed by atoms with E-state index in [1.807, 2.05) is 42.5 Å². The largest absolute Gasteiger partial charge is 0.493 e. The summed E-state index contributed by atoms with van der Waals surface area (Å²) in [6.45, 7) is 13.8. The molecule has 18 heteroatoms. The Morgan fingerprint density at radius 2 is 0.835 bits per heavy atom. The maximum Gasteiger partial charge on any atom is 0.247 e. The molecule has 0 unspecified atom stereocenters. The summed E-state index contributed by atoms with van der Waals surface area (Å²) < 4.78 is 48.2. The molecule has 11 rings (SSSR count). The van der Waals surface area contributed by atoms with Crippen molar-refractivity contribution in [1.82, 2.24) is 29.7 Å². The Hall–Kier alpha value is -7.70. The van der Waals surface area contributed by atoms with Crippen LogP contribution in [-0.2, 0) is 19.7 Å². The third kappa shape index (κ3) is 13.6. The van der Waals surface area contributed by atoms with Crippen molar-refractivity contribution in [2.75, 3.05) is 121 Å². The minimum Gasteiger partial charge on any atom is -0.493 e. The van der Waals surface area contributed by atoms with Gasteiger partial charge in [0.05, 0.1) is 72.4 Å². The van der Waals surface area contributed by atoms with E-state index >= 15 is 0 Å². The van der Waals surface area contributed by atoms with Gasteiger partial charge < -0.3 is 47.7 Å². The minimum atomic E-state index is -0.0478. The van der Waals surface area contributed by atoms with E-state index in [2.05, 4.69) is 92.0 Å². The van der Waals surface area contributed by atoms with Crippen molar-refractivity contribution in [3.63, 3.8) is 0 Å². The van der Waals surface area contributed by atoms with Gasteiger partial charge in [-0.1, -0.05) is 56.3 Å². The van der Waals surface area contributed by atoms with Crippen molar-refractivity contribution in [2.24, 2.45) is 5.92 Å². The number of anilines is 4. The van der Waals surface area contributed by atoms with E-state index < -0.39 is 0 Å². The molecule has 2 aromatic heterocycles. The zero-order chi connectivity index (χ0) is 58.8. The molecule has 4 aliphatic heterocycles. The van der Waals surface area contributed by atoms with Gasteiger partial charge in [-0.05, 0) is 123 Å².